The van der Waals surface area contributed by atoms with Crippen molar-refractivity contribution in [2.45, 2.75) is 13.0 Å². The van der Waals surface area contributed by atoms with Crippen molar-refractivity contribution in [3.05, 3.63) is 35.0 Å². The second kappa shape index (κ2) is 4.15. The molecular formula is C12H11F2N3O. The van der Waals surface area contributed by atoms with Crippen LogP contribution in [0.15, 0.2) is 12.1 Å². The maximum atomic E-state index is 13.8. The van der Waals surface area contributed by atoms with E-state index in [1.807, 2.05) is 0 Å². The molecule has 0 radical (unpaired) electrons. The number of nitrogens with zero attached hydrogens (tertiary/aromatic N) is 1. The number of nitrogen functional groups attached to an aromatic ring is 1. The van der Waals surface area contributed by atoms with Crippen LogP contribution in [0.25, 0.3) is 10.9 Å². The van der Waals surface area contributed by atoms with Gasteiger partial charge in [-0.2, -0.15) is 0 Å². The maximum Gasteiger partial charge on any atom is 0.137 e. The van der Waals surface area contributed by atoms with Crippen LogP contribution >= 0.6 is 0 Å². The predicted octanol–water partition coefficient (Wildman–Crippen LogP) is 1.87. The first-order chi connectivity index (χ1) is 8.70. The van der Waals surface area contributed by atoms with Crippen molar-refractivity contribution in [3.63, 3.8) is 0 Å². The fraction of sp³-hybridized carbons (Fsp3) is 0.250. The number of benzene rings is 1. The molecular weight excluding hydrogens is 240 g/mol. The van der Waals surface area contributed by atoms with Crippen molar-refractivity contribution >= 4 is 16.6 Å². The molecule has 0 bridgehead atoms. The summed E-state index contributed by atoms with van der Waals surface area (Å²) in [5.41, 5.74) is 4.67. The van der Waals surface area contributed by atoms with Gasteiger partial charge in [-0.05, 0) is 0 Å². The Balaban J connectivity index is 2.40. The minimum Gasteiger partial charge on any atom is -0.376 e. The van der Waals surface area contributed by atoms with Crippen LogP contribution in [0.1, 0.15) is 11.3 Å². The van der Waals surface area contributed by atoms with Crippen molar-refractivity contribution in [2.24, 2.45) is 5.84 Å². The first-order valence-corrected chi connectivity index (χ1v) is 5.55. The zero-order valence-corrected chi connectivity index (χ0v) is 9.46. The SMILES string of the molecule is NNc1c2c(nc3cc(F)cc(F)c13)CCOC2. The summed E-state index contributed by atoms with van der Waals surface area (Å²) >= 11 is 0. The molecule has 0 fully saturated rings. The molecule has 1 aliphatic heterocycles. The van der Waals surface area contributed by atoms with Gasteiger partial charge in [-0.3, -0.25) is 10.8 Å². The molecule has 3 N–H and O–H groups in total. The Morgan fingerprint density at radius 1 is 1.33 bits per heavy atom. The number of aromatic nitrogens is 1. The molecule has 0 amide bonds. The first-order valence-electron chi connectivity index (χ1n) is 5.55. The number of nitrogens with one attached hydrogen (secondary N) is 1. The van der Waals surface area contributed by atoms with Gasteiger partial charge in [-0.1, -0.05) is 0 Å². The van der Waals surface area contributed by atoms with Crippen LogP contribution in [0.4, 0.5) is 14.5 Å². The van der Waals surface area contributed by atoms with E-state index in [1.54, 1.807) is 0 Å². The highest BCUT2D eigenvalue weighted by molar-refractivity contribution is 5.93. The lowest BCUT2D eigenvalue weighted by molar-refractivity contribution is 0.110. The third kappa shape index (κ3) is 1.61. The van der Waals surface area contributed by atoms with Gasteiger partial charge in [0.05, 0.1) is 35.5 Å². The quantitative estimate of drug-likeness (QED) is 0.600. The molecule has 0 saturated carbocycles. The Morgan fingerprint density at radius 3 is 2.94 bits per heavy atom. The summed E-state index contributed by atoms with van der Waals surface area (Å²) < 4.78 is 32.4. The van der Waals surface area contributed by atoms with Gasteiger partial charge in [0.2, 0.25) is 0 Å². The van der Waals surface area contributed by atoms with Gasteiger partial charge in [-0.15, -0.1) is 0 Å². The van der Waals surface area contributed by atoms with Crippen molar-refractivity contribution in [2.75, 3.05) is 12.0 Å². The van der Waals surface area contributed by atoms with Crippen LogP contribution in [-0.4, -0.2) is 11.6 Å². The Morgan fingerprint density at radius 2 is 2.17 bits per heavy atom. The van der Waals surface area contributed by atoms with Gasteiger partial charge in [0.15, 0.2) is 0 Å². The van der Waals surface area contributed by atoms with Crippen LogP contribution in [0.2, 0.25) is 0 Å². The molecule has 0 spiro atoms. The van der Waals surface area contributed by atoms with Crippen LogP contribution in [-0.2, 0) is 17.8 Å². The normalized spacial score (nSPS) is 14.6. The number of fused-ring (bicyclic) bond motifs is 2. The highest BCUT2D eigenvalue weighted by Crippen LogP contribution is 2.32. The Labute approximate surface area is 102 Å². The number of nitrogens with two attached hydrogens (primary N) is 1. The van der Waals surface area contributed by atoms with E-state index in [4.69, 9.17) is 10.6 Å². The van der Waals surface area contributed by atoms with Crippen LogP contribution in [0.3, 0.4) is 0 Å². The molecule has 18 heavy (non-hydrogen) atoms. The van der Waals surface area contributed by atoms with E-state index in [0.29, 0.717) is 25.3 Å². The summed E-state index contributed by atoms with van der Waals surface area (Å²) in [7, 11) is 0. The van der Waals surface area contributed by atoms with Gasteiger partial charge >= 0.3 is 0 Å². The summed E-state index contributed by atoms with van der Waals surface area (Å²) in [5, 5.41) is 0.197. The van der Waals surface area contributed by atoms with E-state index in [-0.39, 0.29) is 10.9 Å². The lowest BCUT2D eigenvalue weighted by Gasteiger charge is -2.20. The summed E-state index contributed by atoms with van der Waals surface area (Å²) in [6.45, 7) is 0.877. The maximum absolute atomic E-state index is 13.8. The summed E-state index contributed by atoms with van der Waals surface area (Å²) in [6, 6.07) is 2.02. The van der Waals surface area contributed by atoms with Crippen molar-refractivity contribution in [3.8, 4) is 0 Å². The molecule has 0 saturated heterocycles. The number of rotatable bonds is 1. The van der Waals surface area contributed by atoms with Gasteiger partial charge in [0, 0.05) is 24.1 Å². The summed E-state index contributed by atoms with van der Waals surface area (Å²) in [6.07, 6.45) is 0.609. The molecule has 2 heterocycles. The second-order valence-corrected chi connectivity index (χ2v) is 4.14. The minimum atomic E-state index is -0.682. The average molecular weight is 251 g/mol. The second-order valence-electron chi connectivity index (χ2n) is 4.14. The van der Waals surface area contributed by atoms with E-state index < -0.39 is 11.6 Å². The van der Waals surface area contributed by atoms with E-state index in [1.165, 1.54) is 6.07 Å². The molecule has 3 rings (SSSR count). The number of hydrazine groups is 1. The summed E-state index contributed by atoms with van der Waals surface area (Å²) in [5.74, 6) is 4.12. The smallest absolute Gasteiger partial charge is 0.137 e. The zero-order valence-electron chi connectivity index (χ0n) is 9.46. The largest absolute Gasteiger partial charge is 0.376 e. The molecule has 6 heteroatoms. The monoisotopic (exact) mass is 251 g/mol. The van der Waals surface area contributed by atoms with Crippen LogP contribution < -0.4 is 11.3 Å². The fourth-order valence-corrected chi connectivity index (χ4v) is 2.27. The lowest BCUT2D eigenvalue weighted by atomic mass is 10.0. The molecule has 1 aromatic carbocycles. The van der Waals surface area contributed by atoms with Crippen molar-refractivity contribution < 1.29 is 13.5 Å². The Bertz CT molecular complexity index is 630. The van der Waals surface area contributed by atoms with Crippen molar-refractivity contribution in [1.82, 2.24) is 4.98 Å². The Hall–Kier alpha value is -1.79. The van der Waals surface area contributed by atoms with Gasteiger partial charge < -0.3 is 10.2 Å². The average Bonchev–Trinajstić information content (AvgIpc) is 2.35. The number of halogens is 2. The summed E-state index contributed by atoms with van der Waals surface area (Å²) in [4.78, 5) is 4.29. The van der Waals surface area contributed by atoms with E-state index >= 15 is 0 Å². The number of pyridine rings is 1. The van der Waals surface area contributed by atoms with E-state index in [2.05, 4.69) is 10.4 Å². The van der Waals surface area contributed by atoms with Gasteiger partial charge in [0.25, 0.3) is 0 Å². The standard InChI is InChI=1S/C12H11F2N3O/c13-6-3-8(14)11-10(4-6)16-9-1-2-18-5-7(9)12(11)17-15/h3-4H,1-2,5,15H2,(H,16,17). The molecule has 0 atom stereocenters. The van der Waals surface area contributed by atoms with E-state index in [9.17, 15) is 8.78 Å². The first kappa shape index (κ1) is 11.3. The zero-order chi connectivity index (χ0) is 12.7. The topological polar surface area (TPSA) is 60.2 Å². The fourth-order valence-electron chi connectivity index (χ4n) is 2.27. The molecule has 0 unspecified atom stereocenters. The van der Waals surface area contributed by atoms with Crippen molar-refractivity contribution in [1.29, 1.82) is 0 Å². The minimum absolute atomic E-state index is 0.197. The number of ether oxygens (including phenoxy) is 1. The highest BCUT2D eigenvalue weighted by Gasteiger charge is 2.20. The third-order valence-electron chi connectivity index (χ3n) is 3.06. The third-order valence-corrected chi connectivity index (χ3v) is 3.06. The van der Waals surface area contributed by atoms with E-state index in [0.717, 1.165) is 17.3 Å². The lowest BCUT2D eigenvalue weighted by Crippen LogP contribution is -2.18. The molecule has 1 aromatic heterocycles. The van der Waals surface area contributed by atoms with Gasteiger partial charge in [-0.25, -0.2) is 8.78 Å². The van der Waals surface area contributed by atoms with Crippen LogP contribution in [0.5, 0.6) is 0 Å². The number of hydrogen-bond donors (Lipinski definition) is 2. The number of hydrogen-bond acceptors (Lipinski definition) is 4. The molecule has 1 aliphatic rings. The predicted molar refractivity (Wildman–Crippen MR) is 62.8 cm³/mol. The number of anilines is 1. The molecule has 0 aliphatic carbocycles. The molecule has 4 nitrogen and oxygen atoms in total. The molecule has 2 aromatic rings. The highest BCUT2D eigenvalue weighted by atomic mass is 19.1. The molecule has 94 valence electrons. The van der Waals surface area contributed by atoms with Gasteiger partial charge in [0.1, 0.15) is 11.6 Å². The van der Waals surface area contributed by atoms with Crippen LogP contribution in [0, 0.1) is 11.6 Å². The Kier molecular flexibility index (Phi) is 2.61.